The maximum Gasteiger partial charge on any atom is 0.161 e. The third kappa shape index (κ3) is 4.03. The van der Waals surface area contributed by atoms with E-state index in [9.17, 15) is 4.39 Å². The Labute approximate surface area is 211 Å². The molecule has 8 nitrogen and oxygen atoms in total. The van der Waals surface area contributed by atoms with Crippen LogP contribution in [0.3, 0.4) is 0 Å². The first kappa shape index (κ1) is 21.8. The normalized spacial score (nSPS) is 14.2. The first-order chi connectivity index (χ1) is 18.2. The molecule has 0 spiro atoms. The van der Waals surface area contributed by atoms with Crippen LogP contribution in [0.15, 0.2) is 67.1 Å². The van der Waals surface area contributed by atoms with E-state index < -0.39 is 0 Å². The van der Waals surface area contributed by atoms with Crippen LogP contribution in [-0.4, -0.2) is 53.1 Å². The monoisotopic (exact) mass is 490 g/mol. The topological polar surface area (TPSA) is 99.3 Å². The van der Waals surface area contributed by atoms with Gasteiger partial charge in [0.1, 0.15) is 16.9 Å². The number of aromatic amines is 2. The Morgan fingerprint density at radius 2 is 1.76 bits per heavy atom. The van der Waals surface area contributed by atoms with E-state index in [1.165, 1.54) is 30.5 Å². The molecular formula is C28H23FN8. The summed E-state index contributed by atoms with van der Waals surface area (Å²) in [6.07, 6.45) is 7.99. The Kier molecular flexibility index (Phi) is 5.21. The highest BCUT2D eigenvalue weighted by atomic mass is 19.1. The van der Waals surface area contributed by atoms with Crippen LogP contribution in [0.1, 0.15) is 18.4 Å². The molecule has 0 bridgehead atoms. The second-order valence-corrected chi connectivity index (χ2v) is 9.38. The molecule has 0 aliphatic carbocycles. The van der Waals surface area contributed by atoms with Gasteiger partial charge in [0.25, 0.3) is 0 Å². The summed E-state index contributed by atoms with van der Waals surface area (Å²) in [5.41, 5.74) is 7.81. The fraction of sp³-hybridized carbons (Fsp3) is 0.179. The van der Waals surface area contributed by atoms with E-state index in [-0.39, 0.29) is 5.82 Å². The Morgan fingerprint density at radius 3 is 2.65 bits per heavy atom. The molecule has 7 rings (SSSR count). The lowest BCUT2D eigenvalue weighted by molar-refractivity contribution is 0.331. The molecule has 0 atom stereocenters. The quantitative estimate of drug-likeness (QED) is 0.338. The molecule has 0 unspecified atom stereocenters. The summed E-state index contributed by atoms with van der Waals surface area (Å²) in [7, 11) is 0. The molecule has 1 aliphatic rings. The van der Waals surface area contributed by atoms with Gasteiger partial charge in [-0.25, -0.2) is 14.4 Å². The van der Waals surface area contributed by atoms with Gasteiger partial charge >= 0.3 is 0 Å². The van der Waals surface area contributed by atoms with E-state index in [0.717, 1.165) is 41.9 Å². The molecule has 5 aromatic heterocycles. The number of hydrogen-bond acceptors (Lipinski definition) is 6. The number of nitrogens with zero attached hydrogens (tertiary/aromatic N) is 6. The molecule has 6 aromatic rings. The van der Waals surface area contributed by atoms with Crippen LogP contribution < -0.4 is 0 Å². The Hall–Kier alpha value is -4.50. The number of benzene rings is 1. The molecule has 37 heavy (non-hydrogen) atoms. The van der Waals surface area contributed by atoms with Gasteiger partial charge < -0.3 is 4.98 Å². The first-order valence-corrected chi connectivity index (χ1v) is 12.3. The van der Waals surface area contributed by atoms with Gasteiger partial charge in [-0.2, -0.15) is 5.10 Å². The maximum absolute atomic E-state index is 13.9. The number of fused-ring (bicyclic) bond motifs is 2. The molecule has 1 saturated heterocycles. The number of likely N-dealkylation sites (tertiary alicyclic amines) is 1. The second kappa shape index (κ2) is 8.86. The molecule has 1 fully saturated rings. The van der Waals surface area contributed by atoms with Crippen molar-refractivity contribution in [2.75, 3.05) is 13.1 Å². The average Bonchev–Trinajstić information content (AvgIpc) is 3.67. The minimum absolute atomic E-state index is 0.318. The smallest absolute Gasteiger partial charge is 0.161 e. The molecule has 1 aliphatic heterocycles. The summed E-state index contributed by atoms with van der Waals surface area (Å²) < 4.78 is 13.9. The van der Waals surface area contributed by atoms with Crippen molar-refractivity contribution in [1.29, 1.82) is 0 Å². The highest BCUT2D eigenvalue weighted by Gasteiger charge is 2.18. The van der Waals surface area contributed by atoms with Gasteiger partial charge in [0.05, 0.1) is 22.4 Å². The number of hydrogen-bond donors (Lipinski definition) is 2. The third-order valence-corrected chi connectivity index (χ3v) is 6.83. The highest BCUT2D eigenvalue weighted by molar-refractivity contribution is 5.95. The van der Waals surface area contributed by atoms with Crippen LogP contribution in [0.4, 0.5) is 4.39 Å². The molecule has 6 heterocycles. The first-order valence-electron chi connectivity index (χ1n) is 12.3. The number of pyridine rings is 3. The van der Waals surface area contributed by atoms with E-state index in [0.29, 0.717) is 33.8 Å². The number of nitrogens with one attached hydrogen (secondary N) is 2. The molecule has 0 radical (unpaired) electrons. The zero-order chi connectivity index (χ0) is 24.8. The summed E-state index contributed by atoms with van der Waals surface area (Å²) in [6, 6.07) is 14.3. The van der Waals surface area contributed by atoms with Gasteiger partial charge in [0.15, 0.2) is 11.5 Å². The Balaban J connectivity index is 1.28. The molecule has 1 aromatic carbocycles. The van der Waals surface area contributed by atoms with Gasteiger partial charge in [0, 0.05) is 36.3 Å². The molecule has 0 saturated carbocycles. The zero-order valence-electron chi connectivity index (χ0n) is 19.9. The zero-order valence-corrected chi connectivity index (χ0v) is 19.9. The van der Waals surface area contributed by atoms with Crippen molar-refractivity contribution in [2.24, 2.45) is 0 Å². The van der Waals surface area contributed by atoms with Crippen LogP contribution >= 0.6 is 0 Å². The van der Waals surface area contributed by atoms with Crippen LogP contribution in [0.25, 0.3) is 56.1 Å². The summed E-state index contributed by atoms with van der Waals surface area (Å²) in [5, 5.41) is 7.58. The fourth-order valence-corrected chi connectivity index (χ4v) is 5.03. The van der Waals surface area contributed by atoms with Crippen LogP contribution in [0.2, 0.25) is 0 Å². The van der Waals surface area contributed by atoms with E-state index in [1.54, 1.807) is 12.3 Å². The van der Waals surface area contributed by atoms with Crippen LogP contribution in [0.5, 0.6) is 0 Å². The minimum atomic E-state index is -0.318. The molecule has 2 N–H and O–H groups in total. The lowest BCUT2D eigenvalue weighted by Crippen LogP contribution is -2.18. The van der Waals surface area contributed by atoms with Gasteiger partial charge in [-0.3, -0.25) is 20.0 Å². The van der Waals surface area contributed by atoms with Crippen molar-refractivity contribution >= 4 is 22.1 Å². The number of H-pyrrole nitrogens is 2. The van der Waals surface area contributed by atoms with E-state index in [1.807, 2.05) is 36.7 Å². The third-order valence-electron chi connectivity index (χ3n) is 6.83. The average molecular weight is 491 g/mol. The Bertz CT molecular complexity index is 1750. The van der Waals surface area contributed by atoms with Crippen LogP contribution in [-0.2, 0) is 6.54 Å². The Morgan fingerprint density at radius 1 is 0.865 bits per heavy atom. The number of imidazole rings is 1. The lowest BCUT2D eigenvalue weighted by atomic mass is 10.1. The largest absolute Gasteiger partial charge is 0.336 e. The van der Waals surface area contributed by atoms with Crippen molar-refractivity contribution < 1.29 is 4.39 Å². The van der Waals surface area contributed by atoms with Gasteiger partial charge in [0.2, 0.25) is 0 Å². The van der Waals surface area contributed by atoms with E-state index in [2.05, 4.69) is 36.1 Å². The van der Waals surface area contributed by atoms with Gasteiger partial charge in [-0.15, -0.1) is 0 Å². The molecule has 0 amide bonds. The summed E-state index contributed by atoms with van der Waals surface area (Å²) in [6.45, 7) is 3.18. The fourth-order valence-electron chi connectivity index (χ4n) is 5.03. The minimum Gasteiger partial charge on any atom is -0.336 e. The summed E-state index contributed by atoms with van der Waals surface area (Å²) in [4.78, 5) is 24.5. The molecular weight excluding hydrogens is 467 g/mol. The number of aromatic nitrogens is 7. The van der Waals surface area contributed by atoms with Crippen molar-refractivity contribution in [1.82, 2.24) is 40.0 Å². The molecule has 9 heteroatoms. The van der Waals surface area contributed by atoms with Crippen molar-refractivity contribution in [3.8, 4) is 34.0 Å². The van der Waals surface area contributed by atoms with E-state index in [4.69, 9.17) is 9.97 Å². The predicted octanol–water partition coefficient (Wildman–Crippen LogP) is 5.36. The summed E-state index contributed by atoms with van der Waals surface area (Å²) in [5.74, 6) is 0.249. The summed E-state index contributed by atoms with van der Waals surface area (Å²) >= 11 is 0. The highest BCUT2D eigenvalue weighted by Crippen LogP contribution is 2.31. The molecule has 182 valence electrons. The second-order valence-electron chi connectivity index (χ2n) is 9.38. The van der Waals surface area contributed by atoms with Crippen molar-refractivity contribution in [2.45, 2.75) is 19.4 Å². The number of halogens is 1. The SMILES string of the molecule is Fc1cccc(-c2nccc3[nH]c(-c4n[nH]c5ccc(-c6cncc(CN7CCCC7)c6)nc45)nc23)c1. The van der Waals surface area contributed by atoms with Gasteiger partial charge in [-0.1, -0.05) is 12.1 Å². The number of rotatable bonds is 5. The van der Waals surface area contributed by atoms with Crippen molar-refractivity contribution in [3.05, 3.63) is 78.5 Å². The van der Waals surface area contributed by atoms with Gasteiger partial charge in [-0.05, 0) is 67.9 Å². The maximum atomic E-state index is 13.9. The lowest BCUT2D eigenvalue weighted by Gasteiger charge is -2.14. The van der Waals surface area contributed by atoms with Crippen molar-refractivity contribution in [3.63, 3.8) is 0 Å². The van der Waals surface area contributed by atoms with E-state index >= 15 is 0 Å². The standard InChI is InChI=1S/C28H23FN8/c29-20-5-3-4-18(13-20)24-25-22(8-9-31-24)33-28(34-25)27-26-23(35-36-27)7-6-21(32-26)19-12-17(14-30-15-19)16-37-10-1-2-11-37/h3-9,12-15H,1-2,10-11,16H2,(H,33,34)(H,35,36). The van der Waals surface area contributed by atoms with Crippen LogP contribution in [0, 0.1) is 5.82 Å². The predicted molar refractivity (Wildman–Crippen MR) is 140 cm³/mol.